The highest BCUT2D eigenvalue weighted by Crippen LogP contribution is 2.20. The van der Waals surface area contributed by atoms with Crippen molar-refractivity contribution in [3.8, 4) is 0 Å². The second-order valence-corrected chi connectivity index (χ2v) is 4.80. The van der Waals surface area contributed by atoms with Gasteiger partial charge in [0.1, 0.15) is 5.82 Å². The van der Waals surface area contributed by atoms with E-state index in [9.17, 15) is 9.18 Å². The van der Waals surface area contributed by atoms with Gasteiger partial charge in [0.2, 0.25) is 0 Å². The minimum absolute atomic E-state index is 0.0278. The first-order chi connectivity index (χ1) is 9.51. The van der Waals surface area contributed by atoms with E-state index in [4.69, 9.17) is 16.7 Å². The van der Waals surface area contributed by atoms with Crippen LogP contribution in [0.3, 0.4) is 0 Å². The lowest BCUT2D eigenvalue weighted by Gasteiger charge is -2.10. The molecule has 0 saturated carbocycles. The number of nitrogens with one attached hydrogen (secondary N) is 1. The first-order valence-electron chi connectivity index (χ1n) is 5.98. The second-order valence-electron chi connectivity index (χ2n) is 4.39. The van der Waals surface area contributed by atoms with Gasteiger partial charge in [0, 0.05) is 11.3 Å². The largest absolute Gasteiger partial charge is 0.392 e. The molecule has 0 aliphatic rings. The van der Waals surface area contributed by atoms with Gasteiger partial charge in [0.25, 0.3) is 5.91 Å². The Morgan fingerprint density at radius 3 is 2.70 bits per heavy atom. The summed E-state index contributed by atoms with van der Waals surface area (Å²) in [5.74, 6) is -1.07. The van der Waals surface area contributed by atoms with Gasteiger partial charge in [-0.2, -0.15) is 0 Å². The van der Waals surface area contributed by atoms with Gasteiger partial charge in [-0.15, -0.1) is 0 Å². The highest BCUT2D eigenvalue weighted by atomic mass is 35.5. The van der Waals surface area contributed by atoms with Gasteiger partial charge in [-0.25, -0.2) is 4.39 Å². The zero-order valence-corrected chi connectivity index (χ0v) is 11.5. The molecule has 0 radical (unpaired) electrons. The normalized spacial score (nSPS) is 10.4. The van der Waals surface area contributed by atoms with Crippen molar-refractivity contribution in [1.82, 2.24) is 0 Å². The number of aryl methyl sites for hydroxylation is 1. The number of halogens is 2. The van der Waals surface area contributed by atoms with Crippen LogP contribution in [0, 0.1) is 12.7 Å². The number of carbonyl (C=O) groups is 1. The Balaban J connectivity index is 2.25. The fourth-order valence-corrected chi connectivity index (χ4v) is 1.85. The van der Waals surface area contributed by atoms with Crippen molar-refractivity contribution in [3.05, 3.63) is 63.9 Å². The smallest absolute Gasteiger partial charge is 0.255 e. The topological polar surface area (TPSA) is 49.3 Å². The number of anilines is 1. The maximum absolute atomic E-state index is 13.3. The average molecular weight is 294 g/mol. The molecule has 2 aromatic rings. The first kappa shape index (κ1) is 14.5. The summed E-state index contributed by atoms with van der Waals surface area (Å²) in [5.41, 5.74) is 2.30. The number of amides is 1. The van der Waals surface area contributed by atoms with Crippen LogP contribution >= 0.6 is 11.6 Å². The first-order valence-corrected chi connectivity index (χ1v) is 6.36. The lowest BCUT2D eigenvalue weighted by Crippen LogP contribution is -2.13. The van der Waals surface area contributed by atoms with Crippen LogP contribution in [-0.2, 0) is 6.61 Å². The molecule has 0 atom stereocenters. The van der Waals surface area contributed by atoms with Crippen LogP contribution in [0.2, 0.25) is 5.02 Å². The van der Waals surface area contributed by atoms with E-state index in [2.05, 4.69) is 5.32 Å². The van der Waals surface area contributed by atoms with E-state index in [-0.39, 0.29) is 17.2 Å². The van der Waals surface area contributed by atoms with E-state index in [1.54, 1.807) is 18.2 Å². The molecule has 2 rings (SSSR count). The summed E-state index contributed by atoms with van der Waals surface area (Å²) in [6.07, 6.45) is 0. The summed E-state index contributed by atoms with van der Waals surface area (Å²) in [6.45, 7) is 1.72. The molecule has 104 valence electrons. The summed E-state index contributed by atoms with van der Waals surface area (Å²) < 4.78 is 13.3. The molecular formula is C15H13ClFNO2. The van der Waals surface area contributed by atoms with E-state index >= 15 is 0 Å². The third-order valence-electron chi connectivity index (χ3n) is 2.91. The molecule has 0 spiro atoms. The van der Waals surface area contributed by atoms with E-state index in [1.807, 2.05) is 6.92 Å². The van der Waals surface area contributed by atoms with Gasteiger partial charge in [-0.1, -0.05) is 23.7 Å². The maximum atomic E-state index is 13.3. The zero-order chi connectivity index (χ0) is 14.7. The third-order valence-corrected chi connectivity index (χ3v) is 3.22. The molecule has 0 heterocycles. The quantitative estimate of drug-likeness (QED) is 0.909. The van der Waals surface area contributed by atoms with Gasteiger partial charge in [-0.3, -0.25) is 4.79 Å². The van der Waals surface area contributed by atoms with E-state index < -0.39 is 11.7 Å². The Morgan fingerprint density at radius 2 is 2.05 bits per heavy atom. The van der Waals surface area contributed by atoms with Crippen molar-refractivity contribution in [2.45, 2.75) is 13.5 Å². The lowest BCUT2D eigenvalue weighted by molar-refractivity contribution is 0.102. The zero-order valence-electron chi connectivity index (χ0n) is 10.8. The molecule has 0 saturated heterocycles. The van der Waals surface area contributed by atoms with E-state index in [0.29, 0.717) is 11.3 Å². The number of carbonyl (C=O) groups excluding carboxylic acids is 1. The molecule has 2 N–H and O–H groups in total. The Bertz CT molecular complexity index is 658. The van der Waals surface area contributed by atoms with Crippen molar-refractivity contribution in [3.63, 3.8) is 0 Å². The molecule has 5 heteroatoms. The molecule has 3 nitrogen and oxygen atoms in total. The van der Waals surface area contributed by atoms with Gasteiger partial charge in [0.05, 0.1) is 11.6 Å². The average Bonchev–Trinajstić information content (AvgIpc) is 2.44. The monoisotopic (exact) mass is 293 g/mol. The minimum atomic E-state index is -0.639. The predicted molar refractivity (Wildman–Crippen MR) is 76.5 cm³/mol. The number of aliphatic hydroxyl groups excluding tert-OH is 1. The summed E-state index contributed by atoms with van der Waals surface area (Å²) in [4.78, 5) is 12.0. The van der Waals surface area contributed by atoms with Gasteiger partial charge >= 0.3 is 0 Å². The number of aliphatic hydroxyl groups is 1. The van der Waals surface area contributed by atoms with Crippen LogP contribution < -0.4 is 5.32 Å². The third kappa shape index (κ3) is 3.15. The minimum Gasteiger partial charge on any atom is -0.392 e. The summed E-state index contributed by atoms with van der Waals surface area (Å²) >= 11 is 5.58. The fraction of sp³-hybridized carbons (Fsp3) is 0.133. The Kier molecular flexibility index (Phi) is 4.37. The van der Waals surface area contributed by atoms with Gasteiger partial charge < -0.3 is 10.4 Å². The van der Waals surface area contributed by atoms with E-state index in [0.717, 1.165) is 11.6 Å². The van der Waals surface area contributed by atoms with Crippen LogP contribution in [0.1, 0.15) is 21.5 Å². The van der Waals surface area contributed by atoms with Crippen LogP contribution in [0.5, 0.6) is 0 Å². The standard InChI is InChI=1S/C15H13ClFNO2/c1-9-2-3-10(8-19)6-14(9)18-15(20)11-4-5-12(16)13(17)7-11/h2-7,19H,8H2,1H3,(H,18,20). The van der Waals surface area contributed by atoms with Crippen LogP contribution in [-0.4, -0.2) is 11.0 Å². The molecule has 0 aliphatic heterocycles. The predicted octanol–water partition coefficient (Wildman–Crippen LogP) is 3.53. The van der Waals surface area contributed by atoms with Crippen molar-refractivity contribution in [2.24, 2.45) is 0 Å². The summed E-state index contributed by atoms with van der Waals surface area (Å²) in [6, 6.07) is 9.12. The highest BCUT2D eigenvalue weighted by Gasteiger charge is 2.10. The van der Waals surface area contributed by atoms with Gasteiger partial charge in [0.15, 0.2) is 0 Å². The molecule has 1 amide bonds. The lowest BCUT2D eigenvalue weighted by atomic mass is 10.1. The molecule has 0 aromatic heterocycles. The van der Waals surface area contributed by atoms with Crippen LogP contribution in [0.4, 0.5) is 10.1 Å². The maximum Gasteiger partial charge on any atom is 0.255 e. The Labute approximate surface area is 121 Å². The highest BCUT2D eigenvalue weighted by molar-refractivity contribution is 6.30. The molecule has 20 heavy (non-hydrogen) atoms. The molecule has 0 fully saturated rings. The van der Waals surface area contributed by atoms with Crippen LogP contribution in [0.25, 0.3) is 0 Å². The van der Waals surface area contributed by atoms with Crippen molar-refractivity contribution in [2.75, 3.05) is 5.32 Å². The van der Waals surface area contributed by atoms with E-state index in [1.165, 1.54) is 12.1 Å². The fourth-order valence-electron chi connectivity index (χ4n) is 1.73. The molecular weight excluding hydrogens is 281 g/mol. The number of rotatable bonds is 3. The molecule has 0 unspecified atom stereocenters. The Hall–Kier alpha value is -1.91. The second kappa shape index (κ2) is 6.03. The van der Waals surface area contributed by atoms with Crippen LogP contribution in [0.15, 0.2) is 36.4 Å². The molecule has 0 bridgehead atoms. The number of hydrogen-bond donors (Lipinski definition) is 2. The van der Waals surface area contributed by atoms with Gasteiger partial charge in [-0.05, 0) is 42.3 Å². The molecule has 2 aromatic carbocycles. The molecule has 0 aliphatic carbocycles. The number of hydrogen-bond acceptors (Lipinski definition) is 2. The summed E-state index contributed by atoms with van der Waals surface area (Å²) in [7, 11) is 0. The summed E-state index contributed by atoms with van der Waals surface area (Å²) in [5, 5.41) is 11.8. The Morgan fingerprint density at radius 1 is 1.30 bits per heavy atom. The SMILES string of the molecule is Cc1ccc(CO)cc1NC(=O)c1ccc(Cl)c(F)c1. The number of benzene rings is 2. The van der Waals surface area contributed by atoms with Crippen molar-refractivity contribution >= 4 is 23.2 Å². The van der Waals surface area contributed by atoms with Crippen molar-refractivity contribution in [1.29, 1.82) is 0 Å². The van der Waals surface area contributed by atoms with Crippen molar-refractivity contribution < 1.29 is 14.3 Å².